The Kier molecular flexibility index (Phi) is 12.2. The van der Waals surface area contributed by atoms with Gasteiger partial charge in [-0.1, -0.05) is 33.5 Å². The van der Waals surface area contributed by atoms with E-state index in [1.54, 1.807) is 12.4 Å². The monoisotopic (exact) mass is 645 g/mol. The Labute approximate surface area is 267 Å². The lowest BCUT2D eigenvalue weighted by Crippen LogP contribution is -2.40. The van der Waals surface area contributed by atoms with E-state index in [9.17, 15) is 18.0 Å². The van der Waals surface area contributed by atoms with Crippen LogP contribution in [0.25, 0.3) is 22.2 Å². The molecule has 1 aliphatic heterocycles. The lowest BCUT2D eigenvalue weighted by atomic mass is 9.88. The number of alkyl halides is 3. The summed E-state index contributed by atoms with van der Waals surface area (Å²) >= 11 is 0. The van der Waals surface area contributed by atoms with E-state index in [1.165, 1.54) is 31.5 Å². The lowest BCUT2D eigenvalue weighted by Gasteiger charge is -2.21. The topological polar surface area (TPSA) is 72.3 Å². The van der Waals surface area contributed by atoms with Gasteiger partial charge >= 0.3 is 6.18 Å². The van der Waals surface area contributed by atoms with Crippen molar-refractivity contribution in [2.24, 2.45) is 11.8 Å². The zero-order valence-electron chi connectivity index (χ0n) is 27.6. The fourth-order valence-corrected chi connectivity index (χ4v) is 6.60. The molecule has 0 bridgehead atoms. The van der Waals surface area contributed by atoms with E-state index in [1.807, 2.05) is 30.7 Å². The van der Waals surface area contributed by atoms with Crippen molar-refractivity contribution in [2.75, 3.05) is 32.8 Å². The Hall–Kier alpha value is -2.76. The van der Waals surface area contributed by atoms with Crippen molar-refractivity contribution in [3.8, 4) is 11.1 Å². The third-order valence-electron chi connectivity index (χ3n) is 8.55. The maximum absolute atomic E-state index is 12.8. The molecule has 45 heavy (non-hydrogen) atoms. The maximum Gasteiger partial charge on any atom is 0.405 e. The highest BCUT2D eigenvalue weighted by molar-refractivity contribution is 6.76. The summed E-state index contributed by atoms with van der Waals surface area (Å²) in [6.45, 7) is 14.0. The number of carbonyl (C=O) groups is 1. The van der Waals surface area contributed by atoms with Crippen LogP contribution in [0.4, 0.5) is 13.2 Å². The number of pyridine rings is 2. The average Bonchev–Trinajstić information content (AvgIpc) is 3.62. The fourth-order valence-electron chi connectivity index (χ4n) is 5.84. The Morgan fingerprint density at radius 2 is 1.82 bits per heavy atom. The molecule has 0 spiro atoms. The van der Waals surface area contributed by atoms with Gasteiger partial charge in [0, 0.05) is 61.9 Å². The van der Waals surface area contributed by atoms with Crippen LogP contribution in [0.15, 0.2) is 36.9 Å². The molecule has 0 aliphatic carbocycles. The second-order valence-electron chi connectivity index (χ2n) is 14.1. The smallest absolute Gasteiger partial charge is 0.361 e. The number of halogens is 3. The third-order valence-corrected chi connectivity index (χ3v) is 10.3. The Morgan fingerprint density at radius 1 is 1.07 bits per heavy atom. The number of nitrogens with zero attached hydrogens (tertiary/aromatic N) is 4. The second kappa shape index (κ2) is 15.7. The third kappa shape index (κ3) is 10.9. The predicted molar refractivity (Wildman–Crippen MR) is 177 cm³/mol. The highest BCUT2D eigenvalue weighted by atomic mass is 28.3. The number of hydrogen-bond acceptors (Lipinski definition) is 5. The average molecular weight is 646 g/mol. The highest BCUT2D eigenvalue weighted by Crippen LogP contribution is 2.32. The van der Waals surface area contributed by atoms with Gasteiger partial charge in [-0.2, -0.15) is 13.2 Å². The van der Waals surface area contributed by atoms with Gasteiger partial charge < -0.3 is 19.5 Å². The molecular weight excluding hydrogens is 595 g/mol. The molecule has 1 amide bonds. The summed E-state index contributed by atoms with van der Waals surface area (Å²) in [6, 6.07) is 5.29. The van der Waals surface area contributed by atoms with E-state index in [0.717, 1.165) is 59.6 Å². The molecule has 3 aromatic heterocycles. The van der Waals surface area contributed by atoms with Gasteiger partial charge in [0.2, 0.25) is 5.91 Å². The number of rotatable bonds is 16. The molecule has 0 unspecified atom stereocenters. The molecule has 1 saturated heterocycles. The zero-order valence-corrected chi connectivity index (χ0v) is 28.6. The molecule has 3 aromatic rings. The number of hydrogen-bond donors (Lipinski definition) is 1. The molecule has 7 nitrogen and oxygen atoms in total. The van der Waals surface area contributed by atoms with Crippen molar-refractivity contribution >= 4 is 25.0 Å². The number of aromatic nitrogens is 3. The number of likely N-dealkylation sites (tertiary alicyclic amines) is 1. The fraction of sp³-hybridized carbons (Fsp3) is 0.618. The first-order chi connectivity index (χ1) is 21.3. The number of unbranched alkanes of at least 4 members (excludes halogenated alkanes) is 1. The van der Waals surface area contributed by atoms with E-state index in [0.29, 0.717) is 19.8 Å². The minimum Gasteiger partial charge on any atom is -0.361 e. The summed E-state index contributed by atoms with van der Waals surface area (Å²) in [5, 5.41) is 3.08. The van der Waals surface area contributed by atoms with Crippen molar-refractivity contribution in [1.82, 2.24) is 24.8 Å². The maximum atomic E-state index is 12.8. The van der Waals surface area contributed by atoms with Crippen LogP contribution in [-0.2, 0) is 29.1 Å². The first-order valence-corrected chi connectivity index (χ1v) is 20.1. The molecule has 1 N–H and O–H groups in total. The van der Waals surface area contributed by atoms with Crippen LogP contribution in [0, 0.1) is 11.8 Å². The molecule has 1 atom stereocenters. The Balaban J connectivity index is 1.56. The van der Waals surface area contributed by atoms with Crippen LogP contribution in [0.1, 0.15) is 50.7 Å². The van der Waals surface area contributed by atoms with Gasteiger partial charge in [-0.25, -0.2) is 4.98 Å². The molecule has 1 aliphatic rings. The van der Waals surface area contributed by atoms with Gasteiger partial charge in [0.05, 0.1) is 0 Å². The number of amides is 1. The minimum atomic E-state index is -4.45. The van der Waals surface area contributed by atoms with Crippen LogP contribution < -0.4 is 5.32 Å². The van der Waals surface area contributed by atoms with Crippen molar-refractivity contribution in [3.05, 3.63) is 48.0 Å². The van der Waals surface area contributed by atoms with Crippen molar-refractivity contribution in [2.45, 2.75) is 91.0 Å². The molecule has 4 heterocycles. The standard InChI is InChI=1S/C34H50F3N5O2Si/c1-25(2)29(33(43)40-23-34(35,36)37)18-27-16-28(21-38-19-27)31-22-42(24-44-14-15-45(3,4)5)32-30(31)17-26(20-39-32)10-6-7-11-41-12-8-9-13-41/h16-17,19-22,25,29H,6-15,18,23-24H2,1-5H3,(H,40,43)/t29-/m1/s1. The summed E-state index contributed by atoms with van der Waals surface area (Å²) in [5.74, 6) is -1.35. The minimum absolute atomic E-state index is 0.144. The normalized spacial score (nSPS) is 15.3. The van der Waals surface area contributed by atoms with Crippen molar-refractivity contribution < 1.29 is 22.7 Å². The molecule has 248 valence electrons. The summed E-state index contributed by atoms with van der Waals surface area (Å²) < 4.78 is 46.4. The Morgan fingerprint density at radius 3 is 2.51 bits per heavy atom. The molecular formula is C34H50F3N5O2Si. The van der Waals surface area contributed by atoms with E-state index in [2.05, 4.69) is 47.1 Å². The lowest BCUT2D eigenvalue weighted by molar-refractivity contribution is -0.141. The molecule has 11 heteroatoms. The summed E-state index contributed by atoms with van der Waals surface area (Å²) in [4.78, 5) is 24.6. The number of carbonyl (C=O) groups excluding carboxylic acids is 1. The molecule has 0 radical (unpaired) electrons. The van der Waals surface area contributed by atoms with Crippen LogP contribution in [0.3, 0.4) is 0 Å². The largest absolute Gasteiger partial charge is 0.405 e. The Bertz CT molecular complexity index is 1400. The van der Waals surface area contributed by atoms with Gasteiger partial charge in [-0.15, -0.1) is 0 Å². The number of fused-ring (bicyclic) bond motifs is 1. The zero-order chi connectivity index (χ0) is 32.6. The van der Waals surface area contributed by atoms with Gasteiger partial charge in [0.25, 0.3) is 0 Å². The van der Waals surface area contributed by atoms with E-state index >= 15 is 0 Å². The van der Waals surface area contributed by atoms with E-state index < -0.39 is 32.6 Å². The molecule has 0 aromatic carbocycles. The summed E-state index contributed by atoms with van der Waals surface area (Å²) in [6.07, 6.45) is 9.19. The van der Waals surface area contributed by atoms with E-state index in [-0.39, 0.29) is 5.92 Å². The van der Waals surface area contributed by atoms with Crippen molar-refractivity contribution in [3.63, 3.8) is 0 Å². The summed E-state index contributed by atoms with van der Waals surface area (Å²) in [7, 11) is -1.23. The van der Waals surface area contributed by atoms with Gasteiger partial charge in [-0.05, 0) is 93.4 Å². The molecule has 1 fully saturated rings. The van der Waals surface area contributed by atoms with Crippen LogP contribution in [0.5, 0.6) is 0 Å². The van der Waals surface area contributed by atoms with Gasteiger partial charge in [0.1, 0.15) is 18.9 Å². The first kappa shape index (κ1) is 35.1. The number of nitrogens with one attached hydrogen (secondary N) is 1. The van der Waals surface area contributed by atoms with Gasteiger partial charge in [0.15, 0.2) is 0 Å². The number of ether oxygens (including phenoxy) is 1. The van der Waals surface area contributed by atoms with Crippen molar-refractivity contribution in [1.29, 1.82) is 0 Å². The second-order valence-corrected chi connectivity index (χ2v) is 19.7. The summed E-state index contributed by atoms with van der Waals surface area (Å²) in [5.41, 5.74) is 4.68. The SMILES string of the molecule is CC(C)[C@@H](Cc1cncc(-c2cn(COCC[Si](C)(C)C)c3ncc(CCCCN4CCCC4)cc23)c1)C(=O)NCC(F)(F)F. The highest BCUT2D eigenvalue weighted by Gasteiger charge is 2.31. The van der Waals surface area contributed by atoms with Gasteiger partial charge in [-0.3, -0.25) is 9.78 Å². The van der Waals surface area contributed by atoms with Crippen LogP contribution in [0.2, 0.25) is 25.7 Å². The number of aryl methyl sites for hydroxylation is 1. The molecule has 0 saturated carbocycles. The molecule has 4 rings (SSSR count). The van der Waals surface area contributed by atoms with Crippen LogP contribution >= 0.6 is 0 Å². The quantitative estimate of drug-likeness (QED) is 0.131. The van der Waals surface area contributed by atoms with E-state index in [4.69, 9.17) is 9.72 Å². The predicted octanol–water partition coefficient (Wildman–Crippen LogP) is 7.32. The van der Waals surface area contributed by atoms with Crippen LogP contribution in [-0.4, -0.2) is 72.4 Å². The first-order valence-electron chi connectivity index (χ1n) is 16.4.